The molecule has 0 aromatic heterocycles. The van der Waals surface area contributed by atoms with E-state index in [2.05, 4.69) is 0 Å². The fraction of sp³-hybridized carbons (Fsp3) is 0.364. The number of aromatic carboxylic acids is 1. The molecular formula is C11H12O5. The van der Waals surface area contributed by atoms with Gasteiger partial charge in [-0.25, -0.2) is 4.79 Å². The van der Waals surface area contributed by atoms with Gasteiger partial charge in [-0.1, -0.05) is 0 Å². The SMILES string of the molecule is CC(C)Oc1cc2c(cc1C(=O)O)OCO2. The third-order valence-corrected chi connectivity index (χ3v) is 2.07. The van der Waals surface area contributed by atoms with Gasteiger partial charge in [0.15, 0.2) is 11.5 Å². The van der Waals surface area contributed by atoms with Crippen LogP contribution in [-0.2, 0) is 0 Å². The molecule has 1 aliphatic heterocycles. The van der Waals surface area contributed by atoms with Gasteiger partial charge in [0.1, 0.15) is 11.3 Å². The molecule has 5 nitrogen and oxygen atoms in total. The number of carboxylic acid groups (broad SMARTS) is 1. The van der Waals surface area contributed by atoms with Crippen LogP contribution in [0.15, 0.2) is 12.1 Å². The molecule has 1 aromatic rings. The predicted octanol–water partition coefficient (Wildman–Crippen LogP) is 1.90. The number of carboxylic acids is 1. The Kier molecular flexibility index (Phi) is 2.60. The molecule has 16 heavy (non-hydrogen) atoms. The number of fused-ring (bicyclic) bond motifs is 1. The van der Waals surface area contributed by atoms with Gasteiger partial charge in [-0.05, 0) is 13.8 Å². The molecule has 0 atom stereocenters. The first kappa shape index (κ1) is 10.6. The first-order valence-electron chi connectivity index (χ1n) is 4.91. The van der Waals surface area contributed by atoms with Gasteiger partial charge in [0.2, 0.25) is 6.79 Å². The van der Waals surface area contributed by atoms with Gasteiger partial charge in [0.25, 0.3) is 0 Å². The van der Waals surface area contributed by atoms with E-state index in [0.29, 0.717) is 17.2 Å². The molecule has 0 saturated carbocycles. The van der Waals surface area contributed by atoms with E-state index in [1.807, 2.05) is 13.8 Å². The highest BCUT2D eigenvalue weighted by Gasteiger charge is 2.21. The fourth-order valence-electron chi connectivity index (χ4n) is 1.44. The van der Waals surface area contributed by atoms with Crippen molar-refractivity contribution < 1.29 is 24.1 Å². The number of carbonyl (C=O) groups is 1. The Labute approximate surface area is 92.5 Å². The second-order valence-corrected chi connectivity index (χ2v) is 3.67. The summed E-state index contributed by atoms with van der Waals surface area (Å²) in [5.41, 5.74) is 0.0814. The van der Waals surface area contributed by atoms with E-state index < -0.39 is 5.97 Å². The summed E-state index contributed by atoms with van der Waals surface area (Å²) >= 11 is 0. The van der Waals surface area contributed by atoms with Crippen LogP contribution in [0, 0.1) is 0 Å². The van der Waals surface area contributed by atoms with Crippen LogP contribution in [0.1, 0.15) is 24.2 Å². The minimum atomic E-state index is -1.05. The molecule has 0 saturated heterocycles. The van der Waals surface area contributed by atoms with Crippen LogP contribution in [0.5, 0.6) is 17.2 Å². The van der Waals surface area contributed by atoms with Gasteiger partial charge in [0.05, 0.1) is 6.10 Å². The molecule has 5 heteroatoms. The molecule has 1 N–H and O–H groups in total. The summed E-state index contributed by atoms with van der Waals surface area (Å²) in [6.45, 7) is 3.77. The van der Waals surface area contributed by atoms with Crippen LogP contribution >= 0.6 is 0 Å². The second kappa shape index (κ2) is 3.92. The van der Waals surface area contributed by atoms with E-state index >= 15 is 0 Å². The summed E-state index contributed by atoms with van der Waals surface area (Å²) in [4.78, 5) is 11.0. The first-order valence-corrected chi connectivity index (χ1v) is 4.91. The van der Waals surface area contributed by atoms with Crippen molar-refractivity contribution in [3.8, 4) is 17.2 Å². The molecule has 1 heterocycles. The van der Waals surface area contributed by atoms with Gasteiger partial charge in [-0.3, -0.25) is 0 Å². The third-order valence-electron chi connectivity index (χ3n) is 2.07. The molecule has 0 amide bonds. The van der Waals surface area contributed by atoms with Gasteiger partial charge in [0, 0.05) is 12.1 Å². The van der Waals surface area contributed by atoms with E-state index in [4.69, 9.17) is 19.3 Å². The van der Waals surface area contributed by atoms with Gasteiger partial charge in [-0.2, -0.15) is 0 Å². The smallest absolute Gasteiger partial charge is 0.339 e. The van der Waals surface area contributed by atoms with Gasteiger partial charge >= 0.3 is 5.97 Å². The largest absolute Gasteiger partial charge is 0.490 e. The zero-order valence-corrected chi connectivity index (χ0v) is 9.02. The molecular weight excluding hydrogens is 212 g/mol. The fourth-order valence-corrected chi connectivity index (χ4v) is 1.44. The highest BCUT2D eigenvalue weighted by Crippen LogP contribution is 2.38. The maximum absolute atomic E-state index is 11.0. The summed E-state index contributed by atoms with van der Waals surface area (Å²) in [6.07, 6.45) is -0.0986. The number of ether oxygens (including phenoxy) is 3. The Morgan fingerprint density at radius 1 is 1.38 bits per heavy atom. The average Bonchev–Trinajstić information content (AvgIpc) is 2.62. The first-order chi connectivity index (χ1) is 7.58. The highest BCUT2D eigenvalue weighted by atomic mass is 16.7. The highest BCUT2D eigenvalue weighted by molar-refractivity contribution is 5.92. The van der Waals surface area contributed by atoms with Crippen LogP contribution in [-0.4, -0.2) is 24.0 Å². The van der Waals surface area contributed by atoms with Crippen molar-refractivity contribution in [2.24, 2.45) is 0 Å². The number of rotatable bonds is 3. The molecule has 1 aromatic carbocycles. The van der Waals surface area contributed by atoms with E-state index in [1.54, 1.807) is 6.07 Å². The maximum Gasteiger partial charge on any atom is 0.339 e. The summed E-state index contributed by atoms with van der Waals surface area (Å²) < 4.78 is 15.7. The monoisotopic (exact) mass is 224 g/mol. The topological polar surface area (TPSA) is 65.0 Å². The van der Waals surface area contributed by atoms with Crippen molar-refractivity contribution in [3.05, 3.63) is 17.7 Å². The lowest BCUT2D eigenvalue weighted by molar-refractivity contribution is 0.0690. The Morgan fingerprint density at radius 2 is 2.00 bits per heavy atom. The van der Waals surface area contributed by atoms with E-state index in [9.17, 15) is 4.79 Å². The molecule has 0 bridgehead atoms. The van der Waals surface area contributed by atoms with Crippen molar-refractivity contribution >= 4 is 5.97 Å². The summed E-state index contributed by atoms with van der Waals surface area (Å²) in [5.74, 6) is 0.204. The normalized spacial score (nSPS) is 12.9. The summed E-state index contributed by atoms with van der Waals surface area (Å²) in [6, 6.07) is 2.97. The minimum absolute atomic E-state index is 0.0814. The third kappa shape index (κ3) is 1.88. The predicted molar refractivity (Wildman–Crippen MR) is 55.3 cm³/mol. The van der Waals surface area contributed by atoms with Crippen LogP contribution in [0.25, 0.3) is 0 Å². The summed E-state index contributed by atoms with van der Waals surface area (Å²) in [7, 11) is 0. The Bertz CT molecular complexity index is 425. The lowest BCUT2D eigenvalue weighted by atomic mass is 10.1. The summed E-state index contributed by atoms with van der Waals surface area (Å²) in [5, 5.41) is 9.03. The number of hydrogen-bond donors (Lipinski definition) is 1. The van der Waals surface area contributed by atoms with Crippen molar-refractivity contribution in [1.29, 1.82) is 0 Å². The number of benzene rings is 1. The second-order valence-electron chi connectivity index (χ2n) is 3.67. The quantitative estimate of drug-likeness (QED) is 0.849. The molecule has 0 spiro atoms. The van der Waals surface area contributed by atoms with Crippen LogP contribution < -0.4 is 14.2 Å². The number of hydrogen-bond acceptors (Lipinski definition) is 4. The van der Waals surface area contributed by atoms with Crippen LogP contribution in [0.3, 0.4) is 0 Å². The van der Waals surface area contributed by atoms with Crippen molar-refractivity contribution in [2.75, 3.05) is 6.79 Å². The van der Waals surface area contributed by atoms with Crippen molar-refractivity contribution in [2.45, 2.75) is 20.0 Å². The molecule has 0 fully saturated rings. The Morgan fingerprint density at radius 3 is 2.56 bits per heavy atom. The van der Waals surface area contributed by atoms with Gasteiger partial charge < -0.3 is 19.3 Å². The van der Waals surface area contributed by atoms with E-state index in [0.717, 1.165) is 0 Å². The Balaban J connectivity index is 2.44. The van der Waals surface area contributed by atoms with Gasteiger partial charge in [-0.15, -0.1) is 0 Å². The lowest BCUT2D eigenvalue weighted by Gasteiger charge is -2.12. The van der Waals surface area contributed by atoms with Crippen molar-refractivity contribution in [3.63, 3.8) is 0 Å². The maximum atomic E-state index is 11.0. The molecule has 2 rings (SSSR count). The zero-order chi connectivity index (χ0) is 11.7. The Hall–Kier alpha value is -1.91. The molecule has 86 valence electrons. The zero-order valence-electron chi connectivity index (χ0n) is 9.02. The molecule has 0 aliphatic carbocycles. The average molecular weight is 224 g/mol. The molecule has 1 aliphatic rings. The molecule has 0 radical (unpaired) electrons. The minimum Gasteiger partial charge on any atom is -0.490 e. The lowest BCUT2D eigenvalue weighted by Crippen LogP contribution is -2.09. The van der Waals surface area contributed by atoms with Crippen LogP contribution in [0.4, 0.5) is 0 Å². The van der Waals surface area contributed by atoms with E-state index in [-0.39, 0.29) is 18.5 Å². The van der Waals surface area contributed by atoms with E-state index in [1.165, 1.54) is 6.07 Å². The molecule has 0 unspecified atom stereocenters. The standard InChI is InChI=1S/C11H12O5/c1-6(2)16-8-4-10-9(14-5-15-10)3-7(8)11(12)13/h3-4,6H,5H2,1-2H3,(H,12,13). The van der Waals surface area contributed by atoms with Crippen LogP contribution in [0.2, 0.25) is 0 Å². The van der Waals surface area contributed by atoms with Crippen molar-refractivity contribution in [1.82, 2.24) is 0 Å².